The van der Waals surface area contributed by atoms with E-state index in [0.29, 0.717) is 0 Å². The van der Waals surface area contributed by atoms with E-state index in [2.05, 4.69) is 46.4 Å². The highest BCUT2D eigenvalue weighted by Crippen LogP contribution is 2.18. The molecule has 0 saturated heterocycles. The van der Waals surface area contributed by atoms with Gasteiger partial charge < -0.3 is 15.0 Å². The maximum absolute atomic E-state index is 11.9. The largest absolute Gasteiger partial charge is 0.400 e. The van der Waals surface area contributed by atoms with E-state index >= 15 is 0 Å². The Bertz CT molecular complexity index is 723. The van der Waals surface area contributed by atoms with Crippen molar-refractivity contribution in [1.29, 1.82) is 0 Å². The van der Waals surface area contributed by atoms with Gasteiger partial charge in [0, 0.05) is 31.4 Å². The first kappa shape index (κ1) is 22.9. The number of fused-ring (bicyclic) bond motifs is 1. The van der Waals surface area contributed by atoms with E-state index in [-0.39, 0.29) is 5.82 Å². The van der Waals surface area contributed by atoms with Crippen molar-refractivity contribution in [3.8, 4) is 0 Å². The number of rotatable bonds is 5. The summed E-state index contributed by atoms with van der Waals surface area (Å²) >= 11 is 0. The monoisotopic (exact) mass is 372 g/mol. The van der Waals surface area contributed by atoms with Crippen LogP contribution in [-0.4, -0.2) is 29.4 Å². The summed E-state index contributed by atoms with van der Waals surface area (Å²) in [7, 11) is 1.00. The second-order valence-electron chi connectivity index (χ2n) is 5.95. The molecule has 0 amide bonds. The smallest absolute Gasteiger partial charge is 0.123 e. The maximum Gasteiger partial charge on any atom is 0.123 e. The van der Waals surface area contributed by atoms with Gasteiger partial charge in [-0.2, -0.15) is 0 Å². The van der Waals surface area contributed by atoms with Crippen LogP contribution in [0.4, 0.5) is 4.39 Å². The van der Waals surface area contributed by atoms with Crippen molar-refractivity contribution < 1.29 is 9.50 Å². The van der Waals surface area contributed by atoms with Gasteiger partial charge in [0.2, 0.25) is 0 Å². The summed E-state index contributed by atoms with van der Waals surface area (Å²) in [5.74, 6) is -0.178. The number of benzene rings is 2. The minimum Gasteiger partial charge on any atom is -0.400 e. The molecule has 0 spiro atoms. The summed E-state index contributed by atoms with van der Waals surface area (Å²) < 4.78 is 14.3. The molecule has 27 heavy (non-hydrogen) atoms. The second kappa shape index (κ2) is 14.0. The molecule has 2 N–H and O–H groups in total. The number of hydrogen-bond acceptors (Lipinski definition) is 2. The number of nitrogens with one attached hydrogen (secondary N) is 1. The van der Waals surface area contributed by atoms with Crippen LogP contribution in [0.3, 0.4) is 0 Å². The molecule has 2 aromatic carbocycles. The number of hydrogen-bond donors (Lipinski definition) is 2. The van der Waals surface area contributed by atoms with Crippen LogP contribution in [-0.2, 0) is 6.54 Å². The first-order valence-electron chi connectivity index (χ1n) is 9.75. The lowest BCUT2D eigenvalue weighted by Crippen LogP contribution is -2.18. The third-order valence-electron chi connectivity index (χ3n) is 4.00. The van der Waals surface area contributed by atoms with Crippen molar-refractivity contribution in [3.63, 3.8) is 0 Å². The number of halogens is 1. The molecule has 4 rings (SSSR count). The molecule has 1 fully saturated rings. The van der Waals surface area contributed by atoms with Gasteiger partial charge in [0.1, 0.15) is 5.82 Å². The van der Waals surface area contributed by atoms with Gasteiger partial charge in [-0.25, -0.2) is 4.39 Å². The van der Waals surface area contributed by atoms with Gasteiger partial charge in [-0.1, -0.05) is 50.2 Å². The van der Waals surface area contributed by atoms with E-state index in [0.717, 1.165) is 26.2 Å². The fourth-order valence-corrected chi connectivity index (χ4v) is 2.59. The minimum absolute atomic E-state index is 0.178. The summed E-state index contributed by atoms with van der Waals surface area (Å²) in [4.78, 5) is 0. The first-order chi connectivity index (χ1) is 13.3. The van der Waals surface area contributed by atoms with Crippen molar-refractivity contribution in [2.45, 2.75) is 45.7 Å². The fraction of sp³-hybridized carbons (Fsp3) is 0.391. The quantitative estimate of drug-likeness (QED) is 0.601. The van der Waals surface area contributed by atoms with Gasteiger partial charge in [-0.15, -0.1) is 0 Å². The summed E-state index contributed by atoms with van der Waals surface area (Å²) in [5, 5.41) is 11.9. The molecule has 1 heterocycles. The van der Waals surface area contributed by atoms with E-state index in [1.165, 1.54) is 42.3 Å². The normalized spacial score (nSPS) is 12.0. The average Bonchev–Trinajstić information content (AvgIpc) is 3.48. The van der Waals surface area contributed by atoms with Crippen LogP contribution in [0.25, 0.3) is 10.9 Å². The summed E-state index contributed by atoms with van der Waals surface area (Å²) in [6.07, 6.45) is 6.18. The van der Waals surface area contributed by atoms with Crippen LogP contribution < -0.4 is 5.32 Å². The van der Waals surface area contributed by atoms with E-state index in [1.54, 1.807) is 18.2 Å². The number of aliphatic hydroxyl groups excluding tert-OH is 1. The molecule has 0 bridgehead atoms. The lowest BCUT2D eigenvalue weighted by atomic mass is 10.2. The SMILES string of the molecule is CC.CO.Fc1ccccc1.c1ccc2c(c1)ccn2CCCNC1CC1. The average molecular weight is 373 g/mol. The zero-order valence-corrected chi connectivity index (χ0v) is 16.7. The molecular formula is C23H33FN2O. The summed E-state index contributed by atoms with van der Waals surface area (Å²) in [6.45, 7) is 6.27. The van der Waals surface area contributed by atoms with Gasteiger partial charge in [0.05, 0.1) is 0 Å². The molecule has 0 aliphatic heterocycles. The molecule has 1 aromatic heterocycles. The fourth-order valence-electron chi connectivity index (χ4n) is 2.59. The molecule has 0 radical (unpaired) electrons. The highest BCUT2D eigenvalue weighted by atomic mass is 19.1. The predicted octanol–water partition coefficient (Wildman–Crippen LogP) is 5.24. The molecule has 148 valence electrons. The Labute approximate surface area is 162 Å². The zero-order chi connectivity index (χ0) is 19.9. The van der Waals surface area contributed by atoms with Crippen molar-refractivity contribution in [3.05, 3.63) is 72.7 Å². The number of aryl methyl sites for hydroxylation is 1. The number of aromatic nitrogens is 1. The predicted molar refractivity (Wildman–Crippen MR) is 113 cm³/mol. The van der Waals surface area contributed by atoms with E-state index in [1.807, 2.05) is 13.8 Å². The third kappa shape index (κ3) is 8.85. The van der Waals surface area contributed by atoms with Crippen LogP contribution >= 0.6 is 0 Å². The van der Waals surface area contributed by atoms with Gasteiger partial charge >= 0.3 is 0 Å². The Morgan fingerprint density at radius 1 is 0.963 bits per heavy atom. The highest BCUT2D eigenvalue weighted by molar-refractivity contribution is 5.79. The van der Waals surface area contributed by atoms with E-state index in [9.17, 15) is 4.39 Å². The maximum atomic E-state index is 11.9. The molecule has 1 saturated carbocycles. The van der Waals surface area contributed by atoms with Gasteiger partial charge in [-0.3, -0.25) is 0 Å². The van der Waals surface area contributed by atoms with E-state index < -0.39 is 0 Å². The lowest BCUT2D eigenvalue weighted by molar-refractivity contribution is 0.399. The summed E-state index contributed by atoms with van der Waals surface area (Å²) in [5.41, 5.74) is 1.36. The van der Waals surface area contributed by atoms with Crippen LogP contribution in [0.2, 0.25) is 0 Å². The van der Waals surface area contributed by atoms with Crippen molar-refractivity contribution in [2.75, 3.05) is 13.7 Å². The standard InChI is InChI=1S/C14H18N2.C6H5F.C2H6.CH4O/c1-2-5-14-12(4-1)8-11-16(14)10-3-9-15-13-6-7-13;7-6-4-2-1-3-5-6;2*1-2/h1-2,4-5,8,11,13,15H,3,6-7,9-10H2;1-5H;1-2H3;2H,1H3. The molecule has 4 heteroatoms. The van der Waals surface area contributed by atoms with Gasteiger partial charge in [0.25, 0.3) is 0 Å². The molecule has 1 aliphatic carbocycles. The van der Waals surface area contributed by atoms with Crippen LogP contribution in [0.1, 0.15) is 33.1 Å². The Hall–Kier alpha value is -2.17. The Kier molecular flexibility index (Phi) is 11.8. The zero-order valence-electron chi connectivity index (χ0n) is 16.7. The molecule has 0 atom stereocenters. The van der Waals surface area contributed by atoms with Crippen LogP contribution in [0.15, 0.2) is 66.9 Å². The second-order valence-corrected chi connectivity index (χ2v) is 5.95. The number of aliphatic hydroxyl groups is 1. The Morgan fingerprint density at radius 3 is 2.19 bits per heavy atom. The van der Waals surface area contributed by atoms with Crippen LogP contribution in [0, 0.1) is 5.82 Å². The lowest BCUT2D eigenvalue weighted by Gasteiger charge is -2.06. The number of nitrogens with zero attached hydrogens (tertiary/aromatic N) is 1. The van der Waals surface area contributed by atoms with Crippen LogP contribution in [0.5, 0.6) is 0 Å². The summed E-state index contributed by atoms with van der Waals surface area (Å²) in [6, 6.07) is 19.6. The topological polar surface area (TPSA) is 37.2 Å². The Balaban J connectivity index is 0.000000279. The van der Waals surface area contributed by atoms with Gasteiger partial charge in [0.15, 0.2) is 0 Å². The molecule has 3 nitrogen and oxygen atoms in total. The van der Waals surface area contributed by atoms with Crippen molar-refractivity contribution in [2.24, 2.45) is 0 Å². The first-order valence-corrected chi connectivity index (χ1v) is 9.75. The van der Waals surface area contributed by atoms with E-state index in [4.69, 9.17) is 5.11 Å². The molecule has 0 unspecified atom stereocenters. The van der Waals surface area contributed by atoms with Crippen molar-refractivity contribution in [1.82, 2.24) is 9.88 Å². The number of para-hydroxylation sites is 1. The Morgan fingerprint density at radius 2 is 1.59 bits per heavy atom. The molecule has 1 aliphatic rings. The van der Waals surface area contributed by atoms with Gasteiger partial charge in [-0.05, 0) is 55.5 Å². The third-order valence-corrected chi connectivity index (χ3v) is 4.00. The minimum atomic E-state index is -0.178. The molecular weight excluding hydrogens is 339 g/mol. The molecule has 3 aromatic rings. The van der Waals surface area contributed by atoms with Crippen molar-refractivity contribution >= 4 is 10.9 Å². The highest BCUT2D eigenvalue weighted by Gasteiger charge is 2.19.